The maximum absolute atomic E-state index is 2.62. The third kappa shape index (κ3) is 3.29. The summed E-state index contributed by atoms with van der Waals surface area (Å²) in [5.41, 5.74) is 6.53. The van der Waals surface area contributed by atoms with Crippen molar-refractivity contribution in [2.75, 3.05) is 0 Å². The van der Waals surface area contributed by atoms with E-state index in [-0.39, 0.29) is 0 Å². The molecule has 21 heavy (non-hydrogen) atoms. The first-order chi connectivity index (χ1) is 9.90. The van der Waals surface area contributed by atoms with Crippen LogP contribution in [0.2, 0.25) is 6.25 Å². The molecule has 2 rings (SSSR count). The number of allylic oxidation sites excluding steroid dienone is 8. The molecular formula is C20H30Zr. The van der Waals surface area contributed by atoms with Gasteiger partial charge in [-0.15, -0.1) is 0 Å². The van der Waals surface area contributed by atoms with Gasteiger partial charge in [0.1, 0.15) is 0 Å². The number of rotatable bonds is 6. The summed E-state index contributed by atoms with van der Waals surface area (Å²) in [6.07, 6.45) is 15.0. The summed E-state index contributed by atoms with van der Waals surface area (Å²) in [4.78, 5) is 0. The van der Waals surface area contributed by atoms with Crippen LogP contribution in [0.15, 0.2) is 46.6 Å². The van der Waals surface area contributed by atoms with Crippen molar-refractivity contribution >= 4 is 0 Å². The van der Waals surface area contributed by atoms with Crippen molar-refractivity contribution in [1.82, 2.24) is 0 Å². The molecule has 2 aliphatic rings. The summed E-state index contributed by atoms with van der Waals surface area (Å²) in [6, 6.07) is 0. The quantitative estimate of drug-likeness (QED) is 0.488. The van der Waals surface area contributed by atoms with Gasteiger partial charge in [0, 0.05) is 0 Å². The van der Waals surface area contributed by atoms with Gasteiger partial charge in [0.25, 0.3) is 0 Å². The summed E-state index contributed by atoms with van der Waals surface area (Å²) in [5.74, 6) is 0. The van der Waals surface area contributed by atoms with Gasteiger partial charge >= 0.3 is 143 Å². The molecule has 2 atom stereocenters. The second-order valence-corrected chi connectivity index (χ2v) is 12.4. The minimum atomic E-state index is -0.660. The Morgan fingerprint density at radius 2 is 1.10 bits per heavy atom. The SMILES string of the molecule is CCC1=C[C](C)([Zr][C]2(C)C=C(CC)C=C2CC)C(CC)=C1. The van der Waals surface area contributed by atoms with Crippen LogP contribution in [-0.2, 0) is 23.2 Å². The standard InChI is InChI=1S/2C10H15.Zr/c2*1-4-9-6-8(3)10(5-2)7-9;/h2*6-7H,4-5H2,1-3H3;. The molecule has 1 heteroatoms. The van der Waals surface area contributed by atoms with Gasteiger partial charge in [0.2, 0.25) is 0 Å². The van der Waals surface area contributed by atoms with E-state index in [2.05, 4.69) is 65.8 Å². The fourth-order valence-corrected chi connectivity index (χ4v) is 9.81. The average molecular weight is 362 g/mol. The first kappa shape index (κ1) is 17.2. The fourth-order valence-electron chi connectivity index (χ4n) is 3.88. The molecule has 0 aromatic carbocycles. The van der Waals surface area contributed by atoms with Crippen molar-refractivity contribution in [3.8, 4) is 0 Å². The molecule has 0 fully saturated rings. The maximum atomic E-state index is 2.62. The molecule has 0 bridgehead atoms. The van der Waals surface area contributed by atoms with E-state index in [4.69, 9.17) is 0 Å². The van der Waals surface area contributed by atoms with Gasteiger partial charge in [-0.1, -0.05) is 0 Å². The van der Waals surface area contributed by atoms with E-state index < -0.39 is 23.2 Å². The predicted octanol–water partition coefficient (Wildman–Crippen LogP) is 6.80. The van der Waals surface area contributed by atoms with Crippen LogP contribution in [-0.4, -0.2) is 0 Å². The van der Waals surface area contributed by atoms with E-state index in [1.54, 1.807) is 22.3 Å². The molecule has 0 aliphatic heterocycles. The molecule has 0 aromatic heterocycles. The Balaban J connectivity index is 2.32. The van der Waals surface area contributed by atoms with Crippen LogP contribution in [0.25, 0.3) is 0 Å². The van der Waals surface area contributed by atoms with Crippen molar-refractivity contribution in [1.29, 1.82) is 0 Å². The van der Waals surface area contributed by atoms with Crippen LogP contribution in [0.1, 0.15) is 67.2 Å². The monoisotopic (exact) mass is 360 g/mol. The first-order valence-electron chi connectivity index (χ1n) is 8.55. The number of hydrogen-bond acceptors (Lipinski definition) is 0. The molecule has 0 radical (unpaired) electrons. The van der Waals surface area contributed by atoms with E-state index in [9.17, 15) is 0 Å². The van der Waals surface area contributed by atoms with E-state index in [1.165, 1.54) is 25.7 Å². The summed E-state index contributed by atoms with van der Waals surface area (Å²) in [7, 11) is 0. The van der Waals surface area contributed by atoms with Crippen molar-refractivity contribution in [2.24, 2.45) is 0 Å². The summed E-state index contributed by atoms with van der Waals surface area (Å²) in [5, 5.41) is 0. The van der Waals surface area contributed by atoms with Gasteiger partial charge in [0.05, 0.1) is 0 Å². The van der Waals surface area contributed by atoms with Crippen molar-refractivity contribution in [3.63, 3.8) is 0 Å². The molecule has 0 saturated carbocycles. The van der Waals surface area contributed by atoms with Gasteiger partial charge in [-0.2, -0.15) is 0 Å². The summed E-state index contributed by atoms with van der Waals surface area (Å²) in [6.45, 7) is 14.3. The number of hydrogen-bond donors (Lipinski definition) is 0. The molecule has 114 valence electrons. The van der Waals surface area contributed by atoms with E-state index >= 15 is 0 Å². The van der Waals surface area contributed by atoms with Crippen molar-refractivity contribution < 1.29 is 23.2 Å². The zero-order valence-corrected chi connectivity index (χ0v) is 17.1. The van der Waals surface area contributed by atoms with Crippen LogP contribution in [0.4, 0.5) is 0 Å². The van der Waals surface area contributed by atoms with E-state index in [0.29, 0.717) is 6.25 Å². The third-order valence-corrected chi connectivity index (χ3v) is 9.94. The minimum absolute atomic E-state index is 0.409. The Bertz CT molecular complexity index is 484. The Labute approximate surface area is 143 Å². The fraction of sp³-hybridized carbons (Fsp3) is 0.600. The second-order valence-electron chi connectivity index (χ2n) is 6.72. The van der Waals surface area contributed by atoms with Crippen LogP contribution in [0.5, 0.6) is 0 Å². The second kappa shape index (κ2) is 6.53. The Morgan fingerprint density at radius 3 is 1.38 bits per heavy atom. The average Bonchev–Trinajstić information content (AvgIpc) is 2.95. The molecule has 0 nitrogen and oxygen atoms in total. The van der Waals surface area contributed by atoms with Gasteiger partial charge in [-0.3, -0.25) is 0 Å². The molecule has 0 aromatic rings. The molecular weight excluding hydrogens is 331 g/mol. The predicted molar refractivity (Wildman–Crippen MR) is 90.2 cm³/mol. The van der Waals surface area contributed by atoms with Crippen LogP contribution < -0.4 is 0 Å². The van der Waals surface area contributed by atoms with Gasteiger partial charge in [-0.05, 0) is 0 Å². The Hall–Kier alpha value is -0.157. The zero-order valence-electron chi connectivity index (χ0n) is 14.6. The zero-order chi connectivity index (χ0) is 15.7. The molecule has 0 heterocycles. The summed E-state index contributed by atoms with van der Waals surface area (Å²) >= 11 is -0.660. The van der Waals surface area contributed by atoms with Crippen LogP contribution >= 0.6 is 0 Å². The van der Waals surface area contributed by atoms with Gasteiger partial charge in [-0.25, -0.2) is 0 Å². The normalized spacial score (nSPS) is 31.7. The van der Waals surface area contributed by atoms with E-state index in [0.717, 1.165) is 0 Å². The topological polar surface area (TPSA) is 0 Å². The summed E-state index contributed by atoms with van der Waals surface area (Å²) < 4.78 is 0.818. The van der Waals surface area contributed by atoms with Crippen LogP contribution in [0.3, 0.4) is 0 Å². The van der Waals surface area contributed by atoms with Gasteiger partial charge in [0.15, 0.2) is 0 Å². The van der Waals surface area contributed by atoms with E-state index in [1.807, 2.05) is 0 Å². The van der Waals surface area contributed by atoms with Crippen molar-refractivity contribution in [3.05, 3.63) is 46.6 Å². The Kier molecular flexibility index (Phi) is 5.35. The Morgan fingerprint density at radius 1 is 0.714 bits per heavy atom. The van der Waals surface area contributed by atoms with Crippen molar-refractivity contribution in [2.45, 2.75) is 73.5 Å². The van der Waals surface area contributed by atoms with Crippen LogP contribution in [0, 0.1) is 0 Å². The third-order valence-electron chi connectivity index (χ3n) is 5.10. The molecule has 2 aliphatic carbocycles. The molecule has 0 amide bonds. The van der Waals surface area contributed by atoms with Gasteiger partial charge < -0.3 is 0 Å². The molecule has 0 saturated heterocycles. The molecule has 0 N–H and O–H groups in total. The molecule has 2 unspecified atom stereocenters. The first-order valence-corrected chi connectivity index (χ1v) is 11.0. The molecule has 0 spiro atoms.